The topological polar surface area (TPSA) is 50.9 Å². The second-order valence-electron chi connectivity index (χ2n) is 14.3. The molecule has 8 aromatic rings. The monoisotopic (exact) mass is 736 g/mol. The first-order chi connectivity index (χ1) is 34.2. The Hall–Kier alpha value is -6.26. The summed E-state index contributed by atoms with van der Waals surface area (Å²) in [5.41, 5.74) is -2.42. The normalized spacial score (nSPS) is 17.9. The zero-order chi connectivity index (χ0) is 54.6. The minimum atomic E-state index is -3.93. The average Bonchev–Trinajstić information content (AvgIpc) is 3.69. The molecule has 4 heteroatoms. The first-order valence-corrected chi connectivity index (χ1v) is 17.5. The fourth-order valence-corrected chi connectivity index (χ4v) is 6.56. The lowest BCUT2D eigenvalue weighted by Crippen LogP contribution is -2.11. The van der Waals surface area contributed by atoms with Gasteiger partial charge in [-0.2, -0.15) is 0 Å². The first-order valence-electron chi connectivity index (χ1n) is 27.0. The standard InChI is InChI=1S/C51H47N3O/c1-33-20-25-45(43(28-33)35-14-9-8-10-15-35)54-46-18-13-17-41(48(46)53-49(54)42-16-11-12-19-47(42)55)37-29-38(31-40(30-37)51(5,6)7)44-32-36(26-27-52-44)34-21-23-39(24-22-34)50(2,3)4/h8-32,55H,1-7H3/i1D3,2D3,3D3,4D3,21D,22D,23D,24D,26D,27D,32D. The van der Waals surface area contributed by atoms with E-state index in [4.69, 9.17) is 29.7 Å². The molecule has 1 N–H and O–H groups in total. The summed E-state index contributed by atoms with van der Waals surface area (Å²) in [6.45, 7) is -8.45. The molecule has 8 rings (SSSR count). The van der Waals surface area contributed by atoms with Crippen molar-refractivity contribution in [2.45, 2.75) is 59.0 Å². The van der Waals surface area contributed by atoms with Crippen LogP contribution in [0.3, 0.4) is 0 Å². The summed E-state index contributed by atoms with van der Waals surface area (Å²) in [6.07, 6.45) is -0.761. The molecule has 0 aliphatic rings. The fourth-order valence-electron chi connectivity index (χ4n) is 6.56. The van der Waals surface area contributed by atoms with E-state index >= 15 is 0 Å². The minimum Gasteiger partial charge on any atom is -0.507 e. The van der Waals surface area contributed by atoms with Crippen molar-refractivity contribution in [1.29, 1.82) is 0 Å². The number of benzene rings is 6. The van der Waals surface area contributed by atoms with Gasteiger partial charge in [0, 0.05) is 39.3 Å². The van der Waals surface area contributed by atoms with E-state index in [1.807, 2.05) is 73.9 Å². The zero-order valence-corrected chi connectivity index (χ0v) is 30.2. The SMILES string of the molecule is [2H]c1nc(-c2cc(-c3cccc4c3nc(-c3ccccc3O)n4-c3ccc(C([2H])([2H])[2H])cc3-c3ccccc3)cc(C(C)(C)C)c2)c([2H])c(-c2c([2H])c([2H])c(C(C([2H])([2H])[2H])(C([2H])([2H])[2H])C([2H])([2H])[2H])c([2H])c2[2H])c1[2H]. The predicted octanol–water partition coefficient (Wildman–Crippen LogP) is 13.4. The molecular formula is C51H47N3O. The van der Waals surface area contributed by atoms with Crippen molar-refractivity contribution in [1.82, 2.24) is 14.5 Å². The molecule has 0 spiro atoms. The molecule has 0 aliphatic carbocycles. The van der Waals surface area contributed by atoms with Crippen LogP contribution in [-0.4, -0.2) is 19.6 Å². The molecule has 0 bridgehead atoms. The molecule has 6 aromatic carbocycles. The molecule has 0 saturated carbocycles. The number of fused-ring (bicyclic) bond motifs is 1. The van der Waals surface area contributed by atoms with Crippen LogP contribution in [0.1, 0.15) is 84.1 Å². The quantitative estimate of drug-likeness (QED) is 0.185. The van der Waals surface area contributed by atoms with Gasteiger partial charge in [-0.25, -0.2) is 4.98 Å². The number of imidazole rings is 1. The molecule has 0 radical (unpaired) electrons. The van der Waals surface area contributed by atoms with Gasteiger partial charge in [-0.15, -0.1) is 0 Å². The third kappa shape index (κ3) is 6.97. The highest BCUT2D eigenvalue weighted by Crippen LogP contribution is 2.42. The Morgan fingerprint density at radius 1 is 0.618 bits per heavy atom. The molecule has 0 unspecified atom stereocenters. The number of nitrogens with zero attached hydrogens (tertiary/aromatic N) is 3. The van der Waals surface area contributed by atoms with Crippen molar-refractivity contribution in [2.24, 2.45) is 0 Å². The van der Waals surface area contributed by atoms with Crippen molar-refractivity contribution in [3.8, 4) is 67.5 Å². The number of pyridine rings is 1. The summed E-state index contributed by atoms with van der Waals surface area (Å²) in [7, 11) is 0. The van der Waals surface area contributed by atoms with Crippen molar-refractivity contribution in [3.05, 3.63) is 168 Å². The maximum absolute atomic E-state index is 11.4. The summed E-state index contributed by atoms with van der Waals surface area (Å²) in [6, 6.07) is 25.0. The van der Waals surface area contributed by atoms with E-state index in [0.717, 1.165) is 0 Å². The van der Waals surface area contributed by atoms with Crippen LogP contribution in [0.25, 0.3) is 72.7 Å². The maximum atomic E-state index is 11.4. The molecule has 272 valence electrons. The number of aromatic hydroxyl groups is 1. The van der Waals surface area contributed by atoms with Gasteiger partial charge in [-0.05, 0) is 106 Å². The van der Waals surface area contributed by atoms with Gasteiger partial charge in [-0.1, -0.05) is 138 Å². The van der Waals surface area contributed by atoms with E-state index in [1.54, 1.807) is 48.5 Å². The summed E-state index contributed by atoms with van der Waals surface area (Å²) in [5.74, 6) is 0.223. The second-order valence-corrected chi connectivity index (χ2v) is 14.3. The molecule has 2 aromatic heterocycles. The maximum Gasteiger partial charge on any atom is 0.149 e. The lowest BCUT2D eigenvalue weighted by atomic mass is 9.83. The number of rotatable bonds is 6. The van der Waals surface area contributed by atoms with E-state index < -0.39 is 97.4 Å². The van der Waals surface area contributed by atoms with Gasteiger partial charge in [-0.3, -0.25) is 9.55 Å². The molecule has 4 nitrogen and oxygen atoms in total. The number of phenolic OH excluding ortho intramolecular Hbond substituents is 1. The summed E-state index contributed by atoms with van der Waals surface area (Å²) in [5, 5.41) is 11.4. The van der Waals surface area contributed by atoms with Crippen molar-refractivity contribution >= 4 is 11.0 Å². The van der Waals surface area contributed by atoms with Gasteiger partial charge < -0.3 is 5.11 Å². The number of phenols is 1. The van der Waals surface area contributed by atoms with Gasteiger partial charge in [0.25, 0.3) is 0 Å². The Balaban J connectivity index is 1.41. The Morgan fingerprint density at radius 2 is 1.36 bits per heavy atom. The highest BCUT2D eigenvalue weighted by atomic mass is 16.3. The van der Waals surface area contributed by atoms with E-state index in [9.17, 15) is 6.48 Å². The Labute approximate surface area is 351 Å². The van der Waals surface area contributed by atoms with E-state index in [-0.39, 0.29) is 22.6 Å². The number of hydrogen-bond acceptors (Lipinski definition) is 3. The number of aryl methyl sites for hydroxylation is 1. The Bertz CT molecular complexity index is 3470. The lowest BCUT2D eigenvalue weighted by molar-refractivity contribution is 0.477. The molecule has 0 saturated heterocycles. The van der Waals surface area contributed by atoms with Crippen molar-refractivity contribution < 1.29 is 31.2 Å². The van der Waals surface area contributed by atoms with Crippen molar-refractivity contribution in [3.63, 3.8) is 0 Å². The molecule has 0 atom stereocenters. The highest BCUT2D eigenvalue weighted by Gasteiger charge is 2.23. The number of aromatic nitrogens is 3. The van der Waals surface area contributed by atoms with Crippen LogP contribution in [0.5, 0.6) is 5.75 Å². The molecule has 0 aliphatic heterocycles. The van der Waals surface area contributed by atoms with E-state index in [0.29, 0.717) is 55.9 Å². The van der Waals surface area contributed by atoms with Gasteiger partial charge in [0.15, 0.2) is 0 Å². The molecule has 2 heterocycles. The zero-order valence-electron chi connectivity index (χ0n) is 49.2. The molecule has 0 fully saturated rings. The predicted molar refractivity (Wildman–Crippen MR) is 230 cm³/mol. The van der Waals surface area contributed by atoms with Crippen LogP contribution < -0.4 is 0 Å². The smallest absolute Gasteiger partial charge is 0.149 e. The van der Waals surface area contributed by atoms with Crippen molar-refractivity contribution in [2.75, 3.05) is 0 Å². The van der Waals surface area contributed by atoms with Gasteiger partial charge in [0.2, 0.25) is 0 Å². The first kappa shape index (κ1) is 19.9. The summed E-state index contributed by atoms with van der Waals surface area (Å²) >= 11 is 0. The highest BCUT2D eigenvalue weighted by molar-refractivity contribution is 5.97. The van der Waals surface area contributed by atoms with Gasteiger partial charge in [0.1, 0.15) is 11.6 Å². The molecule has 55 heavy (non-hydrogen) atoms. The number of para-hydroxylation sites is 2. The van der Waals surface area contributed by atoms with Crippen LogP contribution >= 0.6 is 0 Å². The van der Waals surface area contributed by atoms with Gasteiger partial charge >= 0.3 is 0 Å². The van der Waals surface area contributed by atoms with Crippen LogP contribution in [0, 0.1) is 6.85 Å². The molecular weight excluding hydrogens is 671 g/mol. The van der Waals surface area contributed by atoms with Crippen LogP contribution in [-0.2, 0) is 10.8 Å². The number of hydrogen-bond donors (Lipinski definition) is 1. The fraction of sp³-hybridized carbons (Fsp3) is 0.176. The third-order valence-electron chi connectivity index (χ3n) is 9.38. The summed E-state index contributed by atoms with van der Waals surface area (Å²) in [4.78, 5) is 9.54. The Kier molecular flexibility index (Phi) is 5.01. The van der Waals surface area contributed by atoms with Gasteiger partial charge in [0.05, 0.1) is 37.6 Å². The third-order valence-corrected chi connectivity index (χ3v) is 9.38. The summed E-state index contributed by atoms with van der Waals surface area (Å²) < 4.78 is 164. The lowest BCUT2D eigenvalue weighted by Gasteiger charge is -2.22. The van der Waals surface area contributed by atoms with Crippen LogP contribution in [0.2, 0.25) is 0 Å². The van der Waals surface area contributed by atoms with E-state index in [2.05, 4.69) is 4.98 Å². The second kappa shape index (κ2) is 13.9. The van der Waals surface area contributed by atoms with Crippen LogP contribution in [0.15, 0.2) is 152 Å². The largest absolute Gasteiger partial charge is 0.507 e. The van der Waals surface area contributed by atoms with E-state index in [1.165, 1.54) is 12.1 Å². The molecule has 0 amide bonds. The Morgan fingerprint density at radius 3 is 2.11 bits per heavy atom. The average molecular weight is 737 g/mol. The van der Waals surface area contributed by atoms with Crippen LogP contribution in [0.4, 0.5) is 0 Å². The minimum absolute atomic E-state index is 0.0839.